The van der Waals surface area contributed by atoms with Crippen LogP contribution in [0.5, 0.6) is 11.5 Å². The standard InChI is InChI=1S/C20H16O4S2/c1-23-15-7-3-13(4-8-15)18(21)17(20-25-11-12-26-20)19(22)14-5-9-16(24-2)10-6-14/h3-12H,1-2H3. The van der Waals surface area contributed by atoms with Crippen molar-refractivity contribution < 1.29 is 19.1 Å². The summed E-state index contributed by atoms with van der Waals surface area (Å²) in [7, 11) is 3.13. The SMILES string of the molecule is COc1ccc(C(=O)C(C(=O)c2ccc(OC)cc2)=C2SC=CS2)cc1. The maximum atomic E-state index is 13.1. The Balaban J connectivity index is 1.98. The van der Waals surface area contributed by atoms with E-state index in [1.54, 1.807) is 62.8 Å². The van der Waals surface area contributed by atoms with E-state index in [4.69, 9.17) is 9.47 Å². The summed E-state index contributed by atoms with van der Waals surface area (Å²) >= 11 is 2.77. The first-order chi connectivity index (χ1) is 12.6. The average Bonchev–Trinajstić information content (AvgIpc) is 3.22. The second-order valence-corrected chi connectivity index (χ2v) is 7.38. The largest absolute Gasteiger partial charge is 0.497 e. The van der Waals surface area contributed by atoms with Crippen LogP contribution in [-0.4, -0.2) is 25.8 Å². The van der Waals surface area contributed by atoms with Crippen LogP contribution in [0.25, 0.3) is 0 Å². The first kappa shape index (κ1) is 18.4. The number of Topliss-reactive ketones (excluding diaryl/α,β-unsaturated/α-hetero) is 2. The van der Waals surface area contributed by atoms with Crippen LogP contribution in [0, 0.1) is 0 Å². The monoisotopic (exact) mass is 384 g/mol. The number of carbonyl (C=O) groups excluding carboxylic acids is 2. The van der Waals surface area contributed by atoms with Crippen molar-refractivity contribution in [1.82, 2.24) is 0 Å². The van der Waals surface area contributed by atoms with Gasteiger partial charge in [-0.2, -0.15) is 0 Å². The maximum Gasteiger partial charge on any atom is 0.198 e. The van der Waals surface area contributed by atoms with Gasteiger partial charge in [0.1, 0.15) is 11.5 Å². The van der Waals surface area contributed by atoms with E-state index in [9.17, 15) is 9.59 Å². The quantitative estimate of drug-likeness (QED) is 0.305. The van der Waals surface area contributed by atoms with Gasteiger partial charge in [-0.05, 0) is 59.3 Å². The summed E-state index contributed by atoms with van der Waals surface area (Å²) in [5, 5.41) is 3.73. The molecular weight excluding hydrogens is 368 g/mol. The van der Waals surface area contributed by atoms with Gasteiger partial charge in [-0.1, -0.05) is 23.5 Å². The predicted octanol–water partition coefficient (Wildman–Crippen LogP) is 4.93. The number of ketones is 2. The Morgan fingerprint density at radius 2 is 1.08 bits per heavy atom. The molecule has 2 aromatic rings. The molecule has 0 saturated carbocycles. The Labute approximate surface area is 160 Å². The lowest BCUT2D eigenvalue weighted by Crippen LogP contribution is -2.15. The van der Waals surface area contributed by atoms with Gasteiger partial charge in [0.25, 0.3) is 0 Å². The van der Waals surface area contributed by atoms with Gasteiger partial charge in [0.05, 0.1) is 24.0 Å². The van der Waals surface area contributed by atoms with E-state index in [0.29, 0.717) is 26.9 Å². The normalized spacial score (nSPS) is 12.8. The number of carbonyl (C=O) groups is 2. The molecule has 2 aromatic carbocycles. The zero-order valence-corrected chi connectivity index (χ0v) is 15.9. The highest BCUT2D eigenvalue weighted by molar-refractivity contribution is 8.27. The minimum absolute atomic E-state index is 0.181. The van der Waals surface area contributed by atoms with Gasteiger partial charge in [-0.25, -0.2) is 0 Å². The van der Waals surface area contributed by atoms with Gasteiger partial charge in [0, 0.05) is 11.1 Å². The fraction of sp³-hybridized carbons (Fsp3) is 0.100. The van der Waals surface area contributed by atoms with Crippen LogP contribution < -0.4 is 9.47 Å². The van der Waals surface area contributed by atoms with Crippen molar-refractivity contribution in [2.75, 3.05) is 14.2 Å². The third-order valence-corrected chi connectivity index (χ3v) is 5.90. The molecule has 26 heavy (non-hydrogen) atoms. The summed E-state index contributed by atoms with van der Waals surface area (Å²) in [6, 6.07) is 13.5. The Bertz CT molecular complexity index is 810. The molecular formula is C20H16O4S2. The van der Waals surface area contributed by atoms with Crippen molar-refractivity contribution in [3.63, 3.8) is 0 Å². The number of hydrogen-bond donors (Lipinski definition) is 0. The molecule has 0 unspecified atom stereocenters. The van der Waals surface area contributed by atoms with E-state index in [1.165, 1.54) is 23.5 Å². The molecule has 0 saturated heterocycles. The van der Waals surface area contributed by atoms with E-state index in [1.807, 2.05) is 10.8 Å². The molecule has 132 valence electrons. The van der Waals surface area contributed by atoms with Crippen molar-refractivity contribution in [2.45, 2.75) is 0 Å². The van der Waals surface area contributed by atoms with Gasteiger partial charge in [-0.3, -0.25) is 9.59 Å². The molecule has 0 spiro atoms. The van der Waals surface area contributed by atoms with Gasteiger partial charge in [0.15, 0.2) is 11.6 Å². The molecule has 0 bridgehead atoms. The molecule has 0 atom stereocenters. The van der Waals surface area contributed by atoms with Crippen LogP contribution >= 0.6 is 23.5 Å². The number of allylic oxidation sites excluding steroid dienone is 1. The van der Waals surface area contributed by atoms with Crippen LogP contribution in [0.1, 0.15) is 20.7 Å². The number of benzene rings is 2. The van der Waals surface area contributed by atoms with Gasteiger partial charge >= 0.3 is 0 Å². The highest BCUT2D eigenvalue weighted by Crippen LogP contribution is 2.41. The van der Waals surface area contributed by atoms with Crippen LogP contribution in [0.2, 0.25) is 0 Å². The highest BCUT2D eigenvalue weighted by Gasteiger charge is 2.27. The number of rotatable bonds is 6. The zero-order valence-electron chi connectivity index (χ0n) is 14.2. The lowest BCUT2D eigenvalue weighted by molar-refractivity contribution is 0.0962. The topological polar surface area (TPSA) is 52.6 Å². The average molecular weight is 384 g/mol. The second kappa shape index (κ2) is 8.29. The van der Waals surface area contributed by atoms with E-state index in [0.717, 1.165) is 0 Å². The van der Waals surface area contributed by atoms with Crippen molar-refractivity contribution in [2.24, 2.45) is 0 Å². The van der Waals surface area contributed by atoms with Crippen LogP contribution in [0.15, 0.2) is 69.2 Å². The predicted molar refractivity (Wildman–Crippen MR) is 106 cm³/mol. The summed E-state index contributed by atoms with van der Waals surface area (Å²) < 4.78 is 10.9. The number of thioether (sulfide) groups is 2. The van der Waals surface area contributed by atoms with Crippen LogP contribution in [0.3, 0.4) is 0 Å². The Morgan fingerprint density at radius 3 is 1.42 bits per heavy atom. The summed E-state index contributed by atoms with van der Waals surface area (Å²) in [6.07, 6.45) is 0. The number of ether oxygens (including phenoxy) is 2. The van der Waals surface area contributed by atoms with E-state index >= 15 is 0 Å². The molecule has 1 aliphatic rings. The first-order valence-corrected chi connectivity index (χ1v) is 9.50. The van der Waals surface area contributed by atoms with Gasteiger partial charge < -0.3 is 9.47 Å². The molecule has 0 radical (unpaired) electrons. The molecule has 4 nitrogen and oxygen atoms in total. The first-order valence-electron chi connectivity index (χ1n) is 7.74. The fourth-order valence-electron chi connectivity index (χ4n) is 2.39. The molecule has 0 fully saturated rings. The lowest BCUT2D eigenvalue weighted by Gasteiger charge is -2.10. The summed E-state index contributed by atoms with van der Waals surface area (Å²) in [6.45, 7) is 0. The summed E-state index contributed by atoms with van der Waals surface area (Å²) in [5.41, 5.74) is 1.08. The van der Waals surface area contributed by atoms with Crippen LogP contribution in [0.4, 0.5) is 0 Å². The third-order valence-electron chi connectivity index (χ3n) is 3.77. The number of hydrogen-bond acceptors (Lipinski definition) is 6. The Kier molecular flexibility index (Phi) is 5.85. The van der Waals surface area contributed by atoms with Crippen molar-refractivity contribution in [3.8, 4) is 11.5 Å². The van der Waals surface area contributed by atoms with Crippen molar-refractivity contribution in [3.05, 3.63) is 80.3 Å². The molecule has 1 aliphatic heterocycles. The minimum atomic E-state index is -0.299. The molecule has 1 heterocycles. The minimum Gasteiger partial charge on any atom is -0.497 e. The molecule has 0 aromatic heterocycles. The third kappa shape index (κ3) is 3.86. The van der Waals surface area contributed by atoms with Gasteiger partial charge in [0.2, 0.25) is 0 Å². The molecule has 0 aliphatic carbocycles. The van der Waals surface area contributed by atoms with Crippen molar-refractivity contribution >= 4 is 35.1 Å². The second-order valence-electron chi connectivity index (χ2n) is 5.29. The summed E-state index contributed by atoms with van der Waals surface area (Å²) in [5.74, 6) is 0.714. The molecule has 3 rings (SSSR count). The summed E-state index contributed by atoms with van der Waals surface area (Å²) in [4.78, 5) is 26.1. The number of methoxy groups -OCH3 is 2. The smallest absolute Gasteiger partial charge is 0.198 e. The van der Waals surface area contributed by atoms with Crippen molar-refractivity contribution in [1.29, 1.82) is 0 Å². The molecule has 0 N–H and O–H groups in total. The Morgan fingerprint density at radius 1 is 0.692 bits per heavy atom. The lowest BCUT2D eigenvalue weighted by atomic mass is 9.97. The highest BCUT2D eigenvalue weighted by atomic mass is 32.2. The van der Waals surface area contributed by atoms with Crippen LogP contribution in [-0.2, 0) is 0 Å². The van der Waals surface area contributed by atoms with E-state index < -0.39 is 0 Å². The molecule has 6 heteroatoms. The van der Waals surface area contributed by atoms with Gasteiger partial charge in [-0.15, -0.1) is 0 Å². The fourth-order valence-corrected chi connectivity index (χ4v) is 4.24. The van der Waals surface area contributed by atoms with E-state index in [2.05, 4.69) is 0 Å². The van der Waals surface area contributed by atoms with E-state index in [-0.39, 0.29) is 17.1 Å². The molecule has 0 amide bonds. The Hall–Kier alpha value is -2.44. The maximum absolute atomic E-state index is 13.1. The zero-order chi connectivity index (χ0) is 18.5.